The number of allylic oxidation sites excluding steroid dienone is 2. The Hall–Kier alpha value is -1.40. The van der Waals surface area contributed by atoms with Gasteiger partial charge in [0.25, 0.3) is 0 Å². The normalized spacial score (nSPS) is 51.3. The molecule has 0 radical (unpaired) electrons. The first kappa shape index (κ1) is 28.1. The topological polar surface area (TPSA) is 93.1 Å². The highest BCUT2D eigenvalue weighted by Gasteiger charge is 2.72. The Morgan fingerprint density at radius 3 is 2.11 bits per heavy atom. The second kappa shape index (κ2) is 8.55. The zero-order valence-corrected chi connectivity index (χ0v) is 24.9. The fourth-order valence-electron chi connectivity index (χ4n) is 11.1. The number of methoxy groups -OCH3 is 2. The number of carbonyl (C=O) groups excluding carboxylic acids is 2. The molecule has 38 heavy (non-hydrogen) atoms. The zero-order chi connectivity index (χ0) is 28.1. The third kappa shape index (κ3) is 3.31. The smallest absolute Gasteiger partial charge is 0.314 e. The van der Waals surface area contributed by atoms with Crippen molar-refractivity contribution in [3.8, 4) is 0 Å². The van der Waals surface area contributed by atoms with Crippen molar-refractivity contribution in [3.05, 3.63) is 11.6 Å². The fourth-order valence-corrected chi connectivity index (χ4v) is 11.1. The van der Waals surface area contributed by atoms with Gasteiger partial charge in [0.2, 0.25) is 0 Å². The maximum Gasteiger partial charge on any atom is 0.314 e. The van der Waals surface area contributed by atoms with Gasteiger partial charge >= 0.3 is 11.9 Å². The van der Waals surface area contributed by atoms with Crippen molar-refractivity contribution >= 4 is 11.9 Å². The summed E-state index contributed by atoms with van der Waals surface area (Å²) < 4.78 is 10.7. The van der Waals surface area contributed by atoms with Gasteiger partial charge in [0, 0.05) is 0 Å². The number of esters is 2. The molecule has 10 unspecified atom stereocenters. The highest BCUT2D eigenvalue weighted by atomic mass is 16.5. The van der Waals surface area contributed by atoms with Gasteiger partial charge in [-0.1, -0.05) is 46.3 Å². The number of hydrogen-bond acceptors (Lipinski definition) is 6. The molecule has 0 amide bonds. The molecule has 0 aromatic heterocycles. The Balaban J connectivity index is 1.61. The van der Waals surface area contributed by atoms with E-state index < -0.39 is 29.0 Å². The minimum atomic E-state index is -1.15. The van der Waals surface area contributed by atoms with Crippen LogP contribution in [-0.2, 0) is 19.1 Å². The quantitative estimate of drug-likeness (QED) is 0.365. The zero-order valence-electron chi connectivity index (χ0n) is 24.9. The van der Waals surface area contributed by atoms with Gasteiger partial charge in [-0.15, -0.1) is 0 Å². The van der Waals surface area contributed by atoms with Gasteiger partial charge < -0.3 is 19.7 Å². The van der Waals surface area contributed by atoms with E-state index in [2.05, 4.69) is 40.7 Å². The molecule has 5 rings (SSSR count). The van der Waals surface area contributed by atoms with Crippen LogP contribution in [-0.4, -0.2) is 48.6 Å². The van der Waals surface area contributed by atoms with Gasteiger partial charge in [-0.2, -0.15) is 0 Å². The molecule has 0 aliphatic heterocycles. The van der Waals surface area contributed by atoms with Crippen molar-refractivity contribution in [1.82, 2.24) is 0 Å². The first-order valence-electron chi connectivity index (χ1n) is 14.8. The summed E-state index contributed by atoms with van der Waals surface area (Å²) in [6.07, 6.45) is 8.14. The number of hydrogen-bond donors (Lipinski definition) is 2. The van der Waals surface area contributed by atoms with Crippen LogP contribution in [0.5, 0.6) is 0 Å². The minimum Gasteiger partial charge on any atom is -0.469 e. The second-order valence-electron chi connectivity index (χ2n) is 15.4. The van der Waals surface area contributed by atoms with Crippen LogP contribution < -0.4 is 0 Å². The number of rotatable bonds is 2. The van der Waals surface area contributed by atoms with Crippen LogP contribution in [0, 0.1) is 50.2 Å². The molecule has 4 fully saturated rings. The molecule has 10 atom stereocenters. The summed E-state index contributed by atoms with van der Waals surface area (Å²) in [4.78, 5) is 26.6. The Labute approximate surface area is 228 Å². The van der Waals surface area contributed by atoms with Crippen molar-refractivity contribution in [1.29, 1.82) is 0 Å². The first-order chi connectivity index (χ1) is 17.6. The predicted molar refractivity (Wildman–Crippen MR) is 145 cm³/mol. The second-order valence-corrected chi connectivity index (χ2v) is 15.4. The monoisotopic (exact) mass is 530 g/mol. The first-order valence-corrected chi connectivity index (χ1v) is 14.8. The molecule has 6 nitrogen and oxygen atoms in total. The van der Waals surface area contributed by atoms with Crippen LogP contribution in [0.25, 0.3) is 0 Å². The Morgan fingerprint density at radius 2 is 1.47 bits per heavy atom. The van der Waals surface area contributed by atoms with Crippen LogP contribution in [0.2, 0.25) is 0 Å². The summed E-state index contributed by atoms with van der Waals surface area (Å²) >= 11 is 0. The Morgan fingerprint density at radius 1 is 0.842 bits per heavy atom. The van der Waals surface area contributed by atoms with Gasteiger partial charge in [0.15, 0.2) is 0 Å². The van der Waals surface area contributed by atoms with Gasteiger partial charge in [-0.3, -0.25) is 9.59 Å². The number of fused-ring (bicyclic) bond motifs is 7. The lowest BCUT2D eigenvalue weighted by Gasteiger charge is -2.71. The molecule has 5 aliphatic carbocycles. The van der Waals surface area contributed by atoms with Crippen molar-refractivity contribution in [3.63, 3.8) is 0 Å². The molecule has 2 N–H and O–H groups in total. The molecule has 6 heteroatoms. The van der Waals surface area contributed by atoms with Gasteiger partial charge in [0.05, 0.1) is 37.3 Å². The summed E-state index contributed by atoms with van der Waals surface area (Å²) in [5, 5.41) is 22.3. The highest BCUT2D eigenvalue weighted by molar-refractivity contribution is 5.79. The van der Waals surface area contributed by atoms with Crippen LogP contribution in [0.3, 0.4) is 0 Å². The van der Waals surface area contributed by atoms with Crippen LogP contribution in [0.15, 0.2) is 11.6 Å². The van der Waals surface area contributed by atoms with E-state index >= 15 is 0 Å². The average molecular weight is 531 g/mol. The summed E-state index contributed by atoms with van der Waals surface area (Å²) in [6.45, 7) is 13.6. The highest BCUT2D eigenvalue weighted by Crippen LogP contribution is 2.75. The van der Waals surface area contributed by atoms with E-state index in [1.165, 1.54) is 19.8 Å². The molecule has 4 saturated carbocycles. The van der Waals surface area contributed by atoms with Crippen molar-refractivity contribution in [2.24, 2.45) is 50.2 Å². The molecular weight excluding hydrogens is 480 g/mol. The molecule has 0 aromatic rings. The van der Waals surface area contributed by atoms with E-state index in [1.54, 1.807) is 6.92 Å². The minimum absolute atomic E-state index is 0.0397. The maximum absolute atomic E-state index is 13.4. The van der Waals surface area contributed by atoms with E-state index in [0.717, 1.165) is 51.4 Å². The lowest BCUT2D eigenvalue weighted by molar-refractivity contribution is -0.241. The molecule has 0 bridgehead atoms. The molecule has 0 saturated heterocycles. The number of ether oxygens (including phenoxy) is 2. The Bertz CT molecular complexity index is 1050. The van der Waals surface area contributed by atoms with E-state index in [-0.39, 0.29) is 45.4 Å². The van der Waals surface area contributed by atoms with Crippen LogP contribution in [0.4, 0.5) is 0 Å². The third-order valence-electron chi connectivity index (χ3n) is 13.5. The van der Waals surface area contributed by atoms with Crippen molar-refractivity contribution in [2.45, 2.75) is 112 Å². The molecule has 214 valence electrons. The third-order valence-corrected chi connectivity index (χ3v) is 13.5. The van der Waals surface area contributed by atoms with Gasteiger partial charge in [-0.25, -0.2) is 0 Å². The van der Waals surface area contributed by atoms with E-state index in [0.29, 0.717) is 6.42 Å². The average Bonchev–Trinajstić information content (AvgIpc) is 2.86. The van der Waals surface area contributed by atoms with Crippen molar-refractivity contribution in [2.75, 3.05) is 14.2 Å². The summed E-state index contributed by atoms with van der Waals surface area (Å²) in [5.74, 6) is -0.117. The van der Waals surface area contributed by atoms with E-state index in [9.17, 15) is 19.8 Å². The standard InChI is InChI=1S/C32H50O6/c1-27(2)13-15-32(26(36)38-8)16-14-29(4)19(20(32)17-27)9-10-22-28(3)18-21(33)24(34)31(6,25(35)37-7)23(28)11-12-30(22,29)5/h9,20-24,33-34H,10-18H2,1-8H3. The molecule has 0 aromatic carbocycles. The van der Waals surface area contributed by atoms with Gasteiger partial charge in [-0.05, 0) is 104 Å². The largest absolute Gasteiger partial charge is 0.469 e. The molecule has 0 heterocycles. The lowest BCUT2D eigenvalue weighted by Crippen LogP contribution is -2.69. The van der Waals surface area contributed by atoms with Gasteiger partial charge in [0.1, 0.15) is 0 Å². The number of carbonyl (C=O) groups is 2. The van der Waals surface area contributed by atoms with Crippen LogP contribution in [0.1, 0.15) is 99.3 Å². The van der Waals surface area contributed by atoms with Crippen molar-refractivity contribution < 1.29 is 29.3 Å². The molecule has 5 aliphatic rings. The van der Waals surface area contributed by atoms with E-state index in [1.807, 2.05) is 0 Å². The molecule has 0 spiro atoms. The summed E-state index contributed by atoms with van der Waals surface area (Å²) in [7, 11) is 2.92. The Kier molecular flexibility index (Phi) is 6.33. The number of aliphatic hydroxyl groups is 2. The maximum atomic E-state index is 13.4. The van der Waals surface area contributed by atoms with Crippen LogP contribution >= 0.6 is 0 Å². The SMILES string of the molecule is COC(=O)C12CCC(C)(C)CC1C1=CCC3C4(C)CC(O)C(O)C(C)(C(=O)OC)C4CCC3(C)C1(C)CC2. The number of aliphatic hydroxyl groups excluding tert-OH is 2. The van der Waals surface area contributed by atoms with E-state index in [4.69, 9.17) is 9.47 Å². The lowest BCUT2D eigenvalue weighted by atomic mass is 9.33. The molecular formula is C32H50O6. The summed E-state index contributed by atoms with van der Waals surface area (Å²) in [5.41, 5.74) is -0.415. The summed E-state index contributed by atoms with van der Waals surface area (Å²) in [6, 6.07) is 0. The fraction of sp³-hybridized carbons (Fsp3) is 0.875. The predicted octanol–water partition coefficient (Wildman–Crippen LogP) is 5.45.